The van der Waals surface area contributed by atoms with Crippen LogP contribution >= 0.6 is 0 Å². The van der Waals surface area contributed by atoms with Gasteiger partial charge in [0.25, 0.3) is 0 Å². The molecule has 0 amide bonds. The monoisotopic (exact) mass is 185 g/mol. The van der Waals surface area contributed by atoms with Crippen LogP contribution in [0.15, 0.2) is 12.2 Å². The summed E-state index contributed by atoms with van der Waals surface area (Å²) in [5.41, 5.74) is 0.447. The fourth-order valence-electron chi connectivity index (χ4n) is 0.913. The van der Waals surface area contributed by atoms with E-state index >= 15 is 0 Å². The van der Waals surface area contributed by atoms with Crippen LogP contribution < -0.4 is 0 Å². The van der Waals surface area contributed by atoms with Gasteiger partial charge in [0.2, 0.25) is 0 Å². The second-order valence-electron chi connectivity index (χ2n) is 3.12. The molecule has 0 aliphatic heterocycles. The molecule has 0 aromatic heterocycles. The smallest absolute Gasteiger partial charge is 0.334 e. The SMILES string of the molecule is C=C(C)C(=O)OC(CC)N(C)CC. The van der Waals surface area contributed by atoms with Crippen molar-refractivity contribution >= 4 is 5.97 Å². The molecule has 1 unspecified atom stereocenters. The summed E-state index contributed by atoms with van der Waals surface area (Å²) in [6.45, 7) is 10.1. The van der Waals surface area contributed by atoms with Crippen LogP contribution in [0.4, 0.5) is 0 Å². The van der Waals surface area contributed by atoms with Crippen LogP contribution in [-0.2, 0) is 9.53 Å². The van der Waals surface area contributed by atoms with Gasteiger partial charge in [0, 0.05) is 5.57 Å². The first-order chi connectivity index (χ1) is 6.02. The Balaban J connectivity index is 4.12. The maximum atomic E-state index is 11.2. The van der Waals surface area contributed by atoms with Gasteiger partial charge in [-0.3, -0.25) is 4.90 Å². The predicted molar refractivity (Wildman–Crippen MR) is 53.3 cm³/mol. The third-order valence-electron chi connectivity index (χ3n) is 1.93. The molecule has 0 rings (SSSR count). The lowest BCUT2D eigenvalue weighted by Crippen LogP contribution is -2.35. The number of ether oxygens (including phenoxy) is 1. The van der Waals surface area contributed by atoms with E-state index in [1.54, 1.807) is 6.92 Å². The van der Waals surface area contributed by atoms with Gasteiger partial charge in [0.1, 0.15) is 0 Å². The maximum absolute atomic E-state index is 11.2. The summed E-state index contributed by atoms with van der Waals surface area (Å²) in [5, 5.41) is 0. The van der Waals surface area contributed by atoms with E-state index < -0.39 is 0 Å². The van der Waals surface area contributed by atoms with Gasteiger partial charge in [0.05, 0.1) is 0 Å². The van der Waals surface area contributed by atoms with E-state index in [1.807, 2.05) is 25.8 Å². The number of hydrogen-bond acceptors (Lipinski definition) is 3. The molecule has 3 heteroatoms. The minimum Gasteiger partial charge on any atom is -0.443 e. The number of carbonyl (C=O) groups excluding carboxylic acids is 1. The lowest BCUT2D eigenvalue weighted by Gasteiger charge is -2.25. The van der Waals surface area contributed by atoms with Crippen LogP contribution in [0, 0.1) is 0 Å². The second kappa shape index (κ2) is 5.75. The van der Waals surface area contributed by atoms with E-state index in [0.29, 0.717) is 5.57 Å². The van der Waals surface area contributed by atoms with E-state index in [1.165, 1.54) is 0 Å². The van der Waals surface area contributed by atoms with Crippen molar-refractivity contribution in [2.75, 3.05) is 13.6 Å². The molecule has 0 aliphatic carbocycles. The van der Waals surface area contributed by atoms with E-state index in [2.05, 4.69) is 6.58 Å². The third kappa shape index (κ3) is 4.08. The predicted octanol–water partition coefficient (Wildman–Crippen LogP) is 1.79. The van der Waals surface area contributed by atoms with Gasteiger partial charge in [-0.05, 0) is 26.9 Å². The van der Waals surface area contributed by atoms with Crippen molar-refractivity contribution in [2.24, 2.45) is 0 Å². The summed E-state index contributed by atoms with van der Waals surface area (Å²) in [4.78, 5) is 13.2. The second-order valence-corrected chi connectivity index (χ2v) is 3.12. The van der Waals surface area contributed by atoms with Gasteiger partial charge < -0.3 is 4.74 Å². The minimum atomic E-state index is -0.313. The molecule has 0 saturated carbocycles. The minimum absolute atomic E-state index is 0.130. The Morgan fingerprint density at radius 2 is 2.08 bits per heavy atom. The van der Waals surface area contributed by atoms with E-state index in [9.17, 15) is 4.79 Å². The van der Waals surface area contributed by atoms with Crippen molar-refractivity contribution < 1.29 is 9.53 Å². The van der Waals surface area contributed by atoms with Gasteiger partial charge in [-0.25, -0.2) is 4.79 Å². The number of carbonyl (C=O) groups is 1. The zero-order chi connectivity index (χ0) is 10.4. The molecule has 0 aromatic carbocycles. The molecule has 0 bridgehead atoms. The molecule has 1 atom stereocenters. The number of esters is 1. The summed E-state index contributed by atoms with van der Waals surface area (Å²) in [5.74, 6) is -0.313. The zero-order valence-corrected chi connectivity index (χ0v) is 8.96. The summed E-state index contributed by atoms with van der Waals surface area (Å²) < 4.78 is 5.20. The van der Waals surface area contributed by atoms with Crippen LogP contribution in [0.2, 0.25) is 0 Å². The zero-order valence-electron chi connectivity index (χ0n) is 8.96. The van der Waals surface area contributed by atoms with Crippen LogP contribution in [-0.4, -0.2) is 30.7 Å². The van der Waals surface area contributed by atoms with Gasteiger partial charge in [-0.2, -0.15) is 0 Å². The Morgan fingerprint density at radius 1 is 1.54 bits per heavy atom. The largest absolute Gasteiger partial charge is 0.443 e. The highest BCUT2D eigenvalue weighted by molar-refractivity contribution is 5.87. The summed E-state index contributed by atoms with van der Waals surface area (Å²) >= 11 is 0. The van der Waals surface area contributed by atoms with Gasteiger partial charge in [0.15, 0.2) is 6.23 Å². The summed E-state index contributed by atoms with van der Waals surface area (Å²) in [7, 11) is 1.93. The Kier molecular flexibility index (Phi) is 5.39. The van der Waals surface area contributed by atoms with E-state index in [4.69, 9.17) is 4.74 Å². The molecule has 76 valence electrons. The first kappa shape index (κ1) is 12.2. The normalized spacial score (nSPS) is 12.7. The molecule has 0 aromatic rings. The maximum Gasteiger partial charge on any atom is 0.334 e. The average Bonchev–Trinajstić information content (AvgIpc) is 2.12. The van der Waals surface area contributed by atoms with Crippen LogP contribution in [0.1, 0.15) is 27.2 Å². The molecule has 0 aliphatic rings. The highest BCUT2D eigenvalue weighted by Crippen LogP contribution is 2.06. The molecule has 0 saturated heterocycles. The molecule has 0 fully saturated rings. The van der Waals surface area contributed by atoms with Gasteiger partial charge in [-0.15, -0.1) is 0 Å². The fraction of sp³-hybridized carbons (Fsp3) is 0.700. The molecule has 13 heavy (non-hydrogen) atoms. The van der Waals surface area contributed by atoms with E-state index in [-0.39, 0.29) is 12.2 Å². The molecule has 3 nitrogen and oxygen atoms in total. The number of rotatable bonds is 5. The van der Waals surface area contributed by atoms with Crippen molar-refractivity contribution in [3.63, 3.8) is 0 Å². The summed E-state index contributed by atoms with van der Waals surface area (Å²) in [6.07, 6.45) is 0.665. The van der Waals surface area contributed by atoms with Crippen LogP contribution in [0.5, 0.6) is 0 Å². The van der Waals surface area contributed by atoms with Crippen molar-refractivity contribution in [3.05, 3.63) is 12.2 Å². The summed E-state index contributed by atoms with van der Waals surface area (Å²) in [6, 6.07) is 0. The quantitative estimate of drug-likeness (QED) is 0.371. The van der Waals surface area contributed by atoms with E-state index in [0.717, 1.165) is 13.0 Å². The lowest BCUT2D eigenvalue weighted by molar-refractivity contribution is -0.153. The Bertz CT molecular complexity index is 189. The Labute approximate surface area is 80.4 Å². The van der Waals surface area contributed by atoms with Crippen molar-refractivity contribution in [3.8, 4) is 0 Å². The van der Waals surface area contributed by atoms with Crippen molar-refractivity contribution in [2.45, 2.75) is 33.4 Å². The molecular formula is C10H19NO2. The molecule has 0 heterocycles. The lowest BCUT2D eigenvalue weighted by atomic mass is 10.3. The van der Waals surface area contributed by atoms with Crippen molar-refractivity contribution in [1.29, 1.82) is 0 Å². The van der Waals surface area contributed by atoms with Crippen molar-refractivity contribution in [1.82, 2.24) is 4.90 Å². The highest BCUT2D eigenvalue weighted by Gasteiger charge is 2.15. The first-order valence-corrected chi connectivity index (χ1v) is 4.59. The molecular weight excluding hydrogens is 166 g/mol. The average molecular weight is 185 g/mol. The topological polar surface area (TPSA) is 29.5 Å². The highest BCUT2D eigenvalue weighted by atomic mass is 16.6. The molecule has 0 spiro atoms. The Hall–Kier alpha value is -0.830. The fourth-order valence-corrected chi connectivity index (χ4v) is 0.913. The number of nitrogens with zero attached hydrogens (tertiary/aromatic N) is 1. The first-order valence-electron chi connectivity index (χ1n) is 4.59. The van der Waals surface area contributed by atoms with Crippen LogP contribution in [0.25, 0.3) is 0 Å². The standard InChI is InChI=1S/C10H19NO2/c1-6-9(11(5)7-2)13-10(12)8(3)4/h9H,3,6-7H2,1-2,4-5H3. The van der Waals surface area contributed by atoms with Gasteiger partial charge in [-0.1, -0.05) is 20.4 Å². The molecule has 0 radical (unpaired) electrons. The third-order valence-corrected chi connectivity index (χ3v) is 1.93. The number of hydrogen-bond donors (Lipinski definition) is 0. The van der Waals surface area contributed by atoms with Gasteiger partial charge >= 0.3 is 5.97 Å². The Morgan fingerprint density at radius 3 is 2.38 bits per heavy atom. The van der Waals surface area contributed by atoms with Crippen LogP contribution in [0.3, 0.4) is 0 Å². The molecule has 0 N–H and O–H groups in total.